The van der Waals surface area contributed by atoms with Gasteiger partial charge in [0.1, 0.15) is 17.4 Å². The van der Waals surface area contributed by atoms with Gasteiger partial charge in [-0.05, 0) is 0 Å². The molecule has 0 radical (unpaired) electrons. The second kappa shape index (κ2) is 5.06. The van der Waals surface area contributed by atoms with Gasteiger partial charge in [0.25, 0.3) is 6.43 Å². The minimum atomic E-state index is -3.11. The van der Waals surface area contributed by atoms with Crippen LogP contribution in [0.5, 0.6) is 11.6 Å². The number of aromatic hydroxyl groups is 1. The van der Waals surface area contributed by atoms with E-state index in [0.717, 1.165) is 12.3 Å². The summed E-state index contributed by atoms with van der Waals surface area (Å²) in [4.78, 5) is 3.49. The van der Waals surface area contributed by atoms with E-state index < -0.39 is 19.2 Å². The van der Waals surface area contributed by atoms with E-state index in [-0.39, 0.29) is 16.7 Å². The normalized spacial score (nSPS) is 12.9. The lowest BCUT2D eigenvalue weighted by Gasteiger charge is -2.09. The first-order valence-corrected chi connectivity index (χ1v) is 4.28. The first-order valence-electron chi connectivity index (χ1n) is 3.90. The summed E-state index contributed by atoms with van der Waals surface area (Å²) in [5, 5.41) is 8.83. The van der Waals surface area contributed by atoms with E-state index in [2.05, 4.69) is 9.72 Å². The van der Waals surface area contributed by atoms with Crippen LogP contribution >= 0.6 is 11.6 Å². The van der Waals surface area contributed by atoms with E-state index in [1.165, 1.54) is 0 Å². The zero-order chi connectivity index (χ0) is 11.4. The van der Waals surface area contributed by atoms with Gasteiger partial charge >= 0.3 is 0 Å². The smallest absolute Gasteiger partial charge is 0.272 e. The number of halogens is 4. The Labute approximate surface area is 88.5 Å². The van der Waals surface area contributed by atoms with Crippen molar-refractivity contribution in [1.29, 1.82) is 0 Å². The predicted molar refractivity (Wildman–Crippen MR) is 47.3 cm³/mol. The minimum absolute atomic E-state index is 0.0727. The van der Waals surface area contributed by atoms with Gasteiger partial charge in [-0.25, -0.2) is 18.2 Å². The summed E-state index contributed by atoms with van der Waals surface area (Å²) >= 11 is 5.54. The number of nitrogens with zero attached hydrogens (tertiary/aromatic N) is 1. The lowest BCUT2D eigenvalue weighted by molar-refractivity contribution is 0.0221. The molecule has 1 heterocycles. The van der Waals surface area contributed by atoms with Gasteiger partial charge in [0.05, 0.1) is 6.20 Å². The van der Waals surface area contributed by atoms with Crippen molar-refractivity contribution in [2.24, 2.45) is 0 Å². The molecule has 3 nitrogen and oxygen atoms in total. The molecule has 1 aromatic heterocycles. The number of ether oxygens (including phenoxy) is 1. The lowest BCUT2D eigenvalue weighted by Crippen LogP contribution is -2.21. The summed E-state index contributed by atoms with van der Waals surface area (Å²) in [5.41, 5.74) is 0. The minimum Gasteiger partial charge on any atom is -0.506 e. The zero-order valence-corrected chi connectivity index (χ0v) is 8.09. The maximum absolute atomic E-state index is 12.4. The summed E-state index contributed by atoms with van der Waals surface area (Å²) in [5.74, 6) is -0.393. The fourth-order valence-electron chi connectivity index (χ4n) is 0.753. The average molecular weight is 242 g/mol. The molecule has 0 aliphatic rings. The molecule has 0 bridgehead atoms. The van der Waals surface area contributed by atoms with Gasteiger partial charge in [-0.1, -0.05) is 11.6 Å². The Bertz CT molecular complexity index is 338. The van der Waals surface area contributed by atoms with Crippen LogP contribution < -0.4 is 4.74 Å². The van der Waals surface area contributed by atoms with Gasteiger partial charge in [0, 0.05) is 6.07 Å². The van der Waals surface area contributed by atoms with Crippen LogP contribution in [0, 0.1) is 0 Å². The van der Waals surface area contributed by atoms with Crippen LogP contribution in [0.15, 0.2) is 12.3 Å². The Kier molecular flexibility index (Phi) is 4.02. The molecule has 0 aliphatic heterocycles. The fraction of sp³-hybridized carbons (Fsp3) is 0.375. The van der Waals surface area contributed by atoms with E-state index in [1.54, 1.807) is 0 Å². The molecular weight excluding hydrogens is 235 g/mol. The van der Waals surface area contributed by atoms with E-state index in [4.69, 9.17) is 16.7 Å². The first-order chi connectivity index (χ1) is 7.00. The van der Waals surface area contributed by atoms with Crippen LogP contribution in [0.2, 0.25) is 5.02 Å². The molecule has 1 N–H and O–H groups in total. The van der Waals surface area contributed by atoms with Crippen molar-refractivity contribution in [3.8, 4) is 11.6 Å². The van der Waals surface area contributed by atoms with E-state index in [9.17, 15) is 13.2 Å². The molecule has 1 rings (SSSR count). The largest absolute Gasteiger partial charge is 0.506 e. The number of rotatable bonds is 4. The topological polar surface area (TPSA) is 42.4 Å². The highest BCUT2D eigenvalue weighted by atomic mass is 35.5. The van der Waals surface area contributed by atoms with E-state index in [1.807, 2.05) is 0 Å². The van der Waals surface area contributed by atoms with Crippen molar-refractivity contribution >= 4 is 11.6 Å². The number of aromatic nitrogens is 1. The van der Waals surface area contributed by atoms with Crippen molar-refractivity contribution in [1.82, 2.24) is 4.98 Å². The van der Waals surface area contributed by atoms with Crippen molar-refractivity contribution in [2.75, 3.05) is 6.61 Å². The second-order valence-electron chi connectivity index (χ2n) is 2.64. The van der Waals surface area contributed by atoms with Crippen LogP contribution in [-0.2, 0) is 0 Å². The molecule has 0 amide bonds. The molecule has 0 saturated heterocycles. The first kappa shape index (κ1) is 11.9. The Hall–Kier alpha value is -1.17. The SMILES string of the molecule is Oc1cnc(OCC(F)C(F)F)c(Cl)c1. The average Bonchev–Trinajstić information content (AvgIpc) is 2.15. The molecular formula is C8H7ClF3NO2. The van der Waals surface area contributed by atoms with Crippen molar-refractivity contribution in [3.05, 3.63) is 17.3 Å². The number of hydrogen-bond donors (Lipinski definition) is 1. The number of hydrogen-bond acceptors (Lipinski definition) is 3. The summed E-state index contributed by atoms with van der Waals surface area (Å²) in [6, 6.07) is 1.11. The van der Waals surface area contributed by atoms with Crippen LogP contribution in [0.25, 0.3) is 0 Å². The molecule has 7 heteroatoms. The monoisotopic (exact) mass is 241 g/mol. The Morgan fingerprint density at radius 2 is 2.13 bits per heavy atom. The van der Waals surface area contributed by atoms with E-state index in [0.29, 0.717) is 0 Å². The Morgan fingerprint density at radius 3 is 2.67 bits per heavy atom. The van der Waals surface area contributed by atoms with Crippen LogP contribution in [0.4, 0.5) is 13.2 Å². The van der Waals surface area contributed by atoms with Crippen molar-refractivity contribution < 1.29 is 23.0 Å². The third-order valence-corrected chi connectivity index (χ3v) is 1.72. The molecule has 1 unspecified atom stereocenters. The molecule has 0 aliphatic carbocycles. The summed E-state index contributed by atoms with van der Waals surface area (Å²) in [7, 11) is 0. The summed E-state index contributed by atoms with van der Waals surface area (Å²) in [6.45, 7) is -0.838. The van der Waals surface area contributed by atoms with Gasteiger partial charge in [-0.3, -0.25) is 0 Å². The van der Waals surface area contributed by atoms with Crippen molar-refractivity contribution in [2.45, 2.75) is 12.6 Å². The third kappa shape index (κ3) is 3.47. The molecule has 0 aromatic carbocycles. The van der Waals surface area contributed by atoms with Gasteiger partial charge in [-0.15, -0.1) is 0 Å². The van der Waals surface area contributed by atoms with Gasteiger partial charge in [0.15, 0.2) is 6.17 Å². The number of pyridine rings is 1. The highest BCUT2D eigenvalue weighted by Gasteiger charge is 2.20. The molecule has 0 saturated carbocycles. The van der Waals surface area contributed by atoms with Gasteiger partial charge in [-0.2, -0.15) is 0 Å². The maximum Gasteiger partial charge on any atom is 0.272 e. The Balaban J connectivity index is 2.58. The van der Waals surface area contributed by atoms with Crippen LogP contribution in [0.3, 0.4) is 0 Å². The number of alkyl halides is 3. The highest BCUT2D eigenvalue weighted by Crippen LogP contribution is 2.25. The summed E-state index contributed by atoms with van der Waals surface area (Å²) < 4.78 is 40.5. The standard InChI is InChI=1S/C8H7ClF3NO2/c9-5-1-4(14)2-13-8(5)15-3-6(10)7(11)12/h1-2,6-7,14H,3H2. The maximum atomic E-state index is 12.4. The van der Waals surface area contributed by atoms with Crippen molar-refractivity contribution in [3.63, 3.8) is 0 Å². The fourth-order valence-corrected chi connectivity index (χ4v) is 0.968. The highest BCUT2D eigenvalue weighted by molar-refractivity contribution is 6.31. The predicted octanol–water partition coefficient (Wildman–Crippen LogP) is 2.42. The molecule has 84 valence electrons. The molecule has 1 atom stereocenters. The van der Waals surface area contributed by atoms with E-state index >= 15 is 0 Å². The van der Waals surface area contributed by atoms with Crippen LogP contribution in [0.1, 0.15) is 0 Å². The third-order valence-electron chi connectivity index (χ3n) is 1.45. The lowest BCUT2D eigenvalue weighted by atomic mass is 10.4. The molecule has 0 spiro atoms. The summed E-state index contributed by atoms with van der Waals surface area (Å²) in [6.07, 6.45) is -4.49. The van der Waals surface area contributed by atoms with Crippen LogP contribution in [-0.4, -0.2) is 29.3 Å². The van der Waals surface area contributed by atoms with Gasteiger partial charge in [0.2, 0.25) is 5.88 Å². The molecule has 15 heavy (non-hydrogen) atoms. The van der Waals surface area contributed by atoms with Gasteiger partial charge < -0.3 is 9.84 Å². The second-order valence-corrected chi connectivity index (χ2v) is 3.05. The zero-order valence-electron chi connectivity index (χ0n) is 7.33. The Morgan fingerprint density at radius 1 is 1.47 bits per heavy atom. The molecule has 1 aromatic rings. The quantitative estimate of drug-likeness (QED) is 0.880. The molecule has 0 fully saturated rings.